The molecule has 0 atom stereocenters. The molecule has 0 aromatic carbocycles. The van der Waals surface area contributed by atoms with E-state index in [0.29, 0.717) is 12.0 Å². The van der Waals surface area contributed by atoms with Crippen LogP contribution in [0.25, 0.3) is 22.4 Å². The van der Waals surface area contributed by atoms with Crippen molar-refractivity contribution in [1.82, 2.24) is 29.2 Å². The third-order valence-corrected chi connectivity index (χ3v) is 6.47. The maximum absolute atomic E-state index is 5.83. The summed E-state index contributed by atoms with van der Waals surface area (Å²) in [6, 6.07) is 6.34. The molecule has 1 saturated heterocycles. The Balaban J connectivity index is 1.31. The van der Waals surface area contributed by atoms with Crippen LogP contribution in [0, 0.1) is 0 Å². The van der Waals surface area contributed by atoms with Gasteiger partial charge in [-0.25, -0.2) is 14.0 Å². The second kappa shape index (κ2) is 6.66. The second-order valence-corrected chi connectivity index (χ2v) is 8.21. The van der Waals surface area contributed by atoms with Gasteiger partial charge < -0.3 is 15.4 Å². The molecule has 4 aromatic rings. The molecule has 0 amide bonds. The predicted octanol–water partition coefficient (Wildman–Crippen LogP) is 2.99. The largest absolute Gasteiger partial charge is 0.375 e. The van der Waals surface area contributed by atoms with E-state index in [-0.39, 0.29) is 5.60 Å². The fourth-order valence-electron chi connectivity index (χ4n) is 4.68. The molecule has 9 nitrogen and oxygen atoms in total. The summed E-state index contributed by atoms with van der Waals surface area (Å²) in [4.78, 5) is 9.03. The highest BCUT2D eigenvalue weighted by Crippen LogP contribution is 2.41. The third-order valence-electron chi connectivity index (χ3n) is 6.47. The van der Waals surface area contributed by atoms with Gasteiger partial charge in [0.2, 0.25) is 5.95 Å². The van der Waals surface area contributed by atoms with Gasteiger partial charge in [-0.05, 0) is 50.3 Å². The highest BCUT2D eigenvalue weighted by molar-refractivity contribution is 5.87. The van der Waals surface area contributed by atoms with Crippen LogP contribution >= 0.6 is 0 Å². The monoisotopic (exact) mass is 404 g/mol. The number of nitrogens with zero attached hydrogens (tertiary/aromatic N) is 6. The Labute approximate surface area is 173 Å². The quantitative estimate of drug-likeness (QED) is 0.540. The van der Waals surface area contributed by atoms with Crippen molar-refractivity contribution in [3.8, 4) is 11.3 Å². The van der Waals surface area contributed by atoms with Crippen LogP contribution in [-0.4, -0.2) is 54.5 Å². The van der Waals surface area contributed by atoms with Gasteiger partial charge in [-0.3, -0.25) is 0 Å². The Morgan fingerprint density at radius 2 is 1.93 bits per heavy atom. The zero-order chi connectivity index (χ0) is 20.1. The summed E-state index contributed by atoms with van der Waals surface area (Å²) >= 11 is 0. The fraction of sp³-hybridized carbons (Fsp3) is 0.429. The van der Waals surface area contributed by atoms with Crippen molar-refractivity contribution in [3.05, 3.63) is 36.8 Å². The van der Waals surface area contributed by atoms with Crippen LogP contribution in [-0.2, 0) is 4.74 Å². The summed E-state index contributed by atoms with van der Waals surface area (Å²) in [6.07, 6.45) is 11.1. The van der Waals surface area contributed by atoms with Crippen LogP contribution < -0.4 is 10.6 Å². The highest BCUT2D eigenvalue weighted by atomic mass is 16.5. The molecule has 1 aliphatic heterocycles. The van der Waals surface area contributed by atoms with Gasteiger partial charge in [-0.2, -0.15) is 10.1 Å². The summed E-state index contributed by atoms with van der Waals surface area (Å²) < 4.78 is 9.48. The van der Waals surface area contributed by atoms with Gasteiger partial charge in [0.15, 0.2) is 11.5 Å². The lowest BCUT2D eigenvalue weighted by molar-refractivity contribution is -0.165. The molecule has 1 aliphatic carbocycles. The number of ether oxygens (including phenoxy) is 1. The van der Waals surface area contributed by atoms with Crippen LogP contribution in [0.2, 0.25) is 0 Å². The number of hydrogen-bond acceptors (Lipinski definition) is 7. The minimum absolute atomic E-state index is 0.164. The van der Waals surface area contributed by atoms with Crippen LogP contribution in [0.15, 0.2) is 36.8 Å². The molecular weight excluding hydrogens is 380 g/mol. The first kappa shape index (κ1) is 17.6. The number of anilines is 2. The van der Waals surface area contributed by atoms with Crippen molar-refractivity contribution in [2.24, 2.45) is 0 Å². The third kappa shape index (κ3) is 2.80. The van der Waals surface area contributed by atoms with Gasteiger partial charge in [0, 0.05) is 37.2 Å². The highest BCUT2D eigenvalue weighted by Gasteiger charge is 2.41. The Kier molecular flexibility index (Phi) is 3.92. The molecule has 2 aliphatic rings. The zero-order valence-electron chi connectivity index (χ0n) is 16.9. The first-order chi connectivity index (χ1) is 14.7. The fourth-order valence-corrected chi connectivity index (χ4v) is 4.68. The Hall–Kier alpha value is -3.20. The second-order valence-electron chi connectivity index (χ2n) is 8.21. The van der Waals surface area contributed by atoms with Gasteiger partial charge in [0.25, 0.3) is 0 Å². The Bertz CT molecular complexity index is 1210. The van der Waals surface area contributed by atoms with E-state index < -0.39 is 0 Å². The molecule has 5 heterocycles. The molecule has 2 N–H and O–H groups in total. The van der Waals surface area contributed by atoms with Crippen molar-refractivity contribution in [1.29, 1.82) is 0 Å². The molecule has 1 saturated carbocycles. The van der Waals surface area contributed by atoms with Crippen LogP contribution in [0.5, 0.6) is 0 Å². The van der Waals surface area contributed by atoms with E-state index in [9.17, 15) is 0 Å². The zero-order valence-corrected chi connectivity index (χ0v) is 16.9. The van der Waals surface area contributed by atoms with Crippen molar-refractivity contribution in [2.75, 3.05) is 24.3 Å². The number of imidazole rings is 1. The number of aromatic nitrogens is 6. The van der Waals surface area contributed by atoms with Crippen LogP contribution in [0.4, 0.5) is 11.8 Å². The van der Waals surface area contributed by atoms with Gasteiger partial charge in [0.1, 0.15) is 5.52 Å². The lowest BCUT2D eigenvalue weighted by atomic mass is 9.77. The maximum atomic E-state index is 5.83. The minimum Gasteiger partial charge on any atom is -0.375 e. The normalized spacial score (nSPS) is 23.7. The predicted molar refractivity (Wildman–Crippen MR) is 114 cm³/mol. The molecule has 154 valence electrons. The summed E-state index contributed by atoms with van der Waals surface area (Å²) in [5, 5.41) is 16.2. The average Bonchev–Trinajstić information content (AvgIpc) is 3.39. The Morgan fingerprint density at radius 3 is 2.70 bits per heavy atom. The number of rotatable bonds is 4. The van der Waals surface area contributed by atoms with Crippen molar-refractivity contribution in [2.45, 2.75) is 43.7 Å². The SMILES string of the molecule is CNc1nc(NC2CCC3(CCO3)CC2)nn2ccc(-c3ccc4nccn4n3)c12. The van der Waals surface area contributed by atoms with Crippen molar-refractivity contribution < 1.29 is 4.74 Å². The number of hydrogen-bond donors (Lipinski definition) is 2. The molecular formula is C21H24N8O. The molecule has 6 rings (SSSR count). The van der Waals surface area contributed by atoms with E-state index in [1.807, 2.05) is 42.2 Å². The van der Waals surface area contributed by atoms with E-state index >= 15 is 0 Å². The molecule has 9 heteroatoms. The summed E-state index contributed by atoms with van der Waals surface area (Å²) in [5.74, 6) is 1.41. The van der Waals surface area contributed by atoms with Gasteiger partial charge in [0.05, 0.1) is 17.9 Å². The molecule has 0 bridgehead atoms. The lowest BCUT2D eigenvalue weighted by Gasteiger charge is -2.46. The van der Waals surface area contributed by atoms with E-state index in [1.54, 1.807) is 10.7 Å². The maximum Gasteiger partial charge on any atom is 0.243 e. The lowest BCUT2D eigenvalue weighted by Crippen LogP contribution is -2.48. The van der Waals surface area contributed by atoms with Gasteiger partial charge in [-0.15, -0.1) is 5.10 Å². The van der Waals surface area contributed by atoms with E-state index in [0.717, 1.165) is 60.5 Å². The summed E-state index contributed by atoms with van der Waals surface area (Å²) in [6.45, 7) is 0.919. The van der Waals surface area contributed by atoms with Crippen LogP contribution in [0.3, 0.4) is 0 Å². The summed E-state index contributed by atoms with van der Waals surface area (Å²) in [5.41, 5.74) is 3.71. The Morgan fingerprint density at radius 1 is 1.07 bits per heavy atom. The number of nitrogens with one attached hydrogen (secondary N) is 2. The molecule has 30 heavy (non-hydrogen) atoms. The van der Waals surface area contributed by atoms with E-state index in [2.05, 4.69) is 20.7 Å². The topological polar surface area (TPSA) is 93.7 Å². The van der Waals surface area contributed by atoms with Gasteiger partial charge in [-0.1, -0.05) is 0 Å². The summed E-state index contributed by atoms with van der Waals surface area (Å²) in [7, 11) is 1.88. The average molecular weight is 404 g/mol. The number of fused-ring (bicyclic) bond motifs is 2. The first-order valence-electron chi connectivity index (χ1n) is 10.5. The molecule has 4 aromatic heterocycles. The van der Waals surface area contributed by atoms with E-state index in [4.69, 9.17) is 14.8 Å². The standard InChI is InChI=1S/C21H24N8O/c1-22-19-18-15(16-2-3-17-23-10-12-28(17)26-16)6-11-29(18)27-20(25-19)24-14-4-7-21(8-5-14)9-13-30-21/h2-3,6,10-12,14H,4-5,7-9,13H2,1H3,(H2,22,24,25,27). The van der Waals surface area contributed by atoms with Crippen molar-refractivity contribution in [3.63, 3.8) is 0 Å². The van der Waals surface area contributed by atoms with Crippen molar-refractivity contribution >= 4 is 22.9 Å². The van der Waals surface area contributed by atoms with Gasteiger partial charge >= 0.3 is 0 Å². The molecule has 0 radical (unpaired) electrons. The molecule has 2 fully saturated rings. The molecule has 1 spiro atoms. The minimum atomic E-state index is 0.164. The first-order valence-corrected chi connectivity index (χ1v) is 10.5. The smallest absolute Gasteiger partial charge is 0.243 e. The van der Waals surface area contributed by atoms with E-state index in [1.165, 1.54) is 6.42 Å². The van der Waals surface area contributed by atoms with Crippen LogP contribution in [0.1, 0.15) is 32.1 Å². The molecule has 0 unspecified atom stereocenters.